The molecule has 0 aliphatic rings. The van der Waals surface area contributed by atoms with Gasteiger partial charge >= 0.3 is 5.97 Å². The van der Waals surface area contributed by atoms with E-state index in [0.717, 1.165) is 11.3 Å². The first-order valence-corrected chi connectivity index (χ1v) is 3.65. The molecule has 0 bridgehead atoms. The summed E-state index contributed by atoms with van der Waals surface area (Å²) in [6.07, 6.45) is 0. The van der Waals surface area contributed by atoms with Crippen molar-refractivity contribution in [3.63, 3.8) is 0 Å². The zero-order valence-electron chi connectivity index (χ0n) is 4.93. The topological polar surface area (TPSA) is 64.9 Å². The van der Waals surface area contributed by atoms with Crippen molar-refractivity contribution in [3.8, 4) is 0 Å². The SMILES string of the molecule is [NH3+]c1cc(C(=O)O)sc1Cl. The second-order valence-corrected chi connectivity index (χ2v) is 3.37. The number of rotatable bonds is 1. The van der Waals surface area contributed by atoms with Crippen LogP contribution in [0.3, 0.4) is 0 Å². The van der Waals surface area contributed by atoms with E-state index in [1.807, 2.05) is 0 Å². The molecule has 0 fully saturated rings. The Kier molecular flexibility index (Phi) is 1.94. The maximum absolute atomic E-state index is 10.3. The molecule has 0 aliphatic heterocycles. The molecule has 0 aromatic carbocycles. The van der Waals surface area contributed by atoms with Crippen LogP contribution in [0.4, 0.5) is 5.69 Å². The first kappa shape index (κ1) is 7.53. The molecule has 1 heterocycles. The molecule has 5 heteroatoms. The third-order valence-corrected chi connectivity index (χ3v) is 2.40. The highest BCUT2D eigenvalue weighted by atomic mass is 35.5. The molecular formula is C5H5ClNO2S+. The molecule has 54 valence electrons. The Labute approximate surface area is 66.0 Å². The molecule has 1 aromatic heterocycles. The Morgan fingerprint density at radius 3 is 2.60 bits per heavy atom. The lowest BCUT2D eigenvalue weighted by molar-refractivity contribution is -0.254. The van der Waals surface area contributed by atoms with Crippen LogP contribution in [0, 0.1) is 0 Å². The number of thiophene rings is 1. The highest BCUT2D eigenvalue weighted by molar-refractivity contribution is 7.18. The van der Waals surface area contributed by atoms with Crippen LogP contribution in [0.25, 0.3) is 0 Å². The molecule has 4 N–H and O–H groups in total. The Morgan fingerprint density at radius 1 is 1.80 bits per heavy atom. The minimum absolute atomic E-state index is 0.231. The third-order valence-electron chi connectivity index (χ3n) is 0.968. The summed E-state index contributed by atoms with van der Waals surface area (Å²) in [7, 11) is 0. The van der Waals surface area contributed by atoms with Gasteiger partial charge in [0.05, 0.1) is 0 Å². The second kappa shape index (κ2) is 2.57. The molecule has 0 unspecified atom stereocenters. The first-order valence-electron chi connectivity index (χ1n) is 2.46. The van der Waals surface area contributed by atoms with Crippen molar-refractivity contribution in [1.82, 2.24) is 0 Å². The zero-order chi connectivity index (χ0) is 7.72. The lowest BCUT2D eigenvalue weighted by Crippen LogP contribution is -2.39. The Balaban J connectivity index is 3.10. The van der Waals surface area contributed by atoms with E-state index in [4.69, 9.17) is 16.7 Å². The van der Waals surface area contributed by atoms with Crippen LogP contribution < -0.4 is 5.73 Å². The van der Waals surface area contributed by atoms with Crippen LogP contribution in [0.5, 0.6) is 0 Å². The van der Waals surface area contributed by atoms with Gasteiger partial charge in [-0.05, 0) is 0 Å². The normalized spacial score (nSPS) is 9.80. The Hall–Kier alpha value is -0.580. The van der Waals surface area contributed by atoms with Gasteiger partial charge in [-0.1, -0.05) is 11.6 Å². The van der Waals surface area contributed by atoms with Gasteiger partial charge in [0.25, 0.3) is 0 Å². The summed E-state index contributed by atoms with van der Waals surface area (Å²) >= 11 is 6.59. The van der Waals surface area contributed by atoms with E-state index >= 15 is 0 Å². The lowest BCUT2D eigenvalue weighted by Gasteiger charge is -1.78. The number of carbonyl (C=O) groups is 1. The molecule has 0 radical (unpaired) electrons. The number of carboxylic acids is 1. The van der Waals surface area contributed by atoms with Gasteiger partial charge in [-0.25, -0.2) is 4.79 Å². The molecule has 0 atom stereocenters. The van der Waals surface area contributed by atoms with Gasteiger partial charge in [0.1, 0.15) is 4.88 Å². The summed E-state index contributed by atoms with van der Waals surface area (Å²) in [5.74, 6) is -0.957. The number of hydrogen-bond acceptors (Lipinski definition) is 2. The van der Waals surface area contributed by atoms with Gasteiger partial charge in [0, 0.05) is 6.07 Å². The summed E-state index contributed by atoms with van der Waals surface area (Å²) < 4.78 is 0.442. The highest BCUT2D eigenvalue weighted by Gasteiger charge is 2.11. The summed E-state index contributed by atoms with van der Waals surface area (Å²) in [5, 5.41) is 8.45. The predicted octanol–water partition coefficient (Wildman–Crippen LogP) is 0.973. The smallest absolute Gasteiger partial charge is 0.346 e. The molecule has 1 rings (SSSR count). The fourth-order valence-corrected chi connectivity index (χ4v) is 1.49. The van der Waals surface area contributed by atoms with E-state index in [-0.39, 0.29) is 4.88 Å². The molecule has 0 saturated carbocycles. The van der Waals surface area contributed by atoms with Gasteiger partial charge in [-0.2, -0.15) is 0 Å². The van der Waals surface area contributed by atoms with Crippen molar-refractivity contribution in [2.24, 2.45) is 0 Å². The van der Waals surface area contributed by atoms with Crippen LogP contribution in [0.2, 0.25) is 4.34 Å². The summed E-state index contributed by atoms with van der Waals surface area (Å²) in [6.45, 7) is 0. The Bertz CT molecular complexity index is 251. The maximum atomic E-state index is 10.3. The second-order valence-electron chi connectivity index (χ2n) is 1.71. The van der Waals surface area contributed by atoms with Crippen LogP contribution in [-0.2, 0) is 0 Å². The van der Waals surface area contributed by atoms with E-state index in [1.54, 1.807) is 0 Å². The van der Waals surface area contributed by atoms with Gasteiger partial charge < -0.3 is 10.8 Å². The fraction of sp³-hybridized carbons (Fsp3) is 0. The van der Waals surface area contributed by atoms with E-state index in [0.29, 0.717) is 10.0 Å². The molecule has 1 aromatic rings. The van der Waals surface area contributed by atoms with Gasteiger partial charge in [-0.15, -0.1) is 11.3 Å². The molecule has 0 spiro atoms. The number of carboxylic acid groups (broad SMARTS) is 1. The number of aromatic carboxylic acids is 1. The standard InChI is InChI=1S/C5H4ClNO2S/c6-4-2(7)1-3(10-4)5(8)9/h1H,7H2,(H,8,9)/p+1. The van der Waals surface area contributed by atoms with E-state index in [9.17, 15) is 4.79 Å². The van der Waals surface area contributed by atoms with Crippen molar-refractivity contribution in [1.29, 1.82) is 0 Å². The number of quaternary nitrogens is 1. The fourth-order valence-electron chi connectivity index (χ4n) is 0.512. The molecule has 3 nitrogen and oxygen atoms in total. The average Bonchev–Trinajstić information content (AvgIpc) is 2.13. The van der Waals surface area contributed by atoms with E-state index in [1.165, 1.54) is 6.07 Å². The van der Waals surface area contributed by atoms with Crippen LogP contribution >= 0.6 is 22.9 Å². The monoisotopic (exact) mass is 178 g/mol. The van der Waals surface area contributed by atoms with Crippen LogP contribution in [-0.4, -0.2) is 11.1 Å². The predicted molar refractivity (Wildman–Crippen MR) is 38.8 cm³/mol. The molecular weight excluding hydrogens is 174 g/mol. The number of halogens is 1. The van der Waals surface area contributed by atoms with Gasteiger partial charge in [0.2, 0.25) is 0 Å². The molecule has 0 aliphatic carbocycles. The van der Waals surface area contributed by atoms with Crippen molar-refractivity contribution >= 4 is 34.6 Å². The summed E-state index contributed by atoms with van der Waals surface area (Å²) in [4.78, 5) is 10.5. The van der Waals surface area contributed by atoms with E-state index < -0.39 is 5.97 Å². The minimum atomic E-state index is -0.957. The molecule has 0 saturated heterocycles. The molecule has 10 heavy (non-hydrogen) atoms. The lowest BCUT2D eigenvalue weighted by atomic mass is 10.4. The minimum Gasteiger partial charge on any atom is -0.477 e. The van der Waals surface area contributed by atoms with Crippen molar-refractivity contribution in [2.75, 3.05) is 0 Å². The quantitative estimate of drug-likeness (QED) is 0.673. The van der Waals surface area contributed by atoms with Crippen LogP contribution in [0.1, 0.15) is 9.67 Å². The largest absolute Gasteiger partial charge is 0.477 e. The Morgan fingerprint density at radius 2 is 2.40 bits per heavy atom. The number of hydrogen-bond donors (Lipinski definition) is 2. The third kappa shape index (κ3) is 1.29. The van der Waals surface area contributed by atoms with Crippen LogP contribution in [0.15, 0.2) is 6.07 Å². The van der Waals surface area contributed by atoms with Crippen molar-refractivity contribution in [3.05, 3.63) is 15.3 Å². The zero-order valence-corrected chi connectivity index (χ0v) is 6.50. The van der Waals surface area contributed by atoms with E-state index in [2.05, 4.69) is 5.73 Å². The maximum Gasteiger partial charge on any atom is 0.346 e. The average molecular weight is 179 g/mol. The summed E-state index contributed by atoms with van der Waals surface area (Å²) in [5.41, 5.74) is 4.11. The summed E-state index contributed by atoms with van der Waals surface area (Å²) in [6, 6.07) is 1.45. The molecule has 0 amide bonds. The van der Waals surface area contributed by atoms with Crippen molar-refractivity contribution in [2.45, 2.75) is 0 Å². The van der Waals surface area contributed by atoms with Gasteiger partial charge in [0.15, 0.2) is 10.0 Å². The van der Waals surface area contributed by atoms with Gasteiger partial charge in [-0.3, -0.25) is 0 Å². The highest BCUT2D eigenvalue weighted by Crippen LogP contribution is 2.27. The first-order chi connectivity index (χ1) is 4.61. The van der Waals surface area contributed by atoms with Crippen molar-refractivity contribution < 1.29 is 15.6 Å².